The lowest BCUT2D eigenvalue weighted by molar-refractivity contribution is 0.276. The van der Waals surface area contributed by atoms with Crippen LogP contribution in [-0.4, -0.2) is 14.7 Å². The number of halogens is 1. The van der Waals surface area contributed by atoms with Crippen LogP contribution in [0.4, 0.5) is 4.39 Å². The van der Waals surface area contributed by atoms with Gasteiger partial charge in [0.2, 0.25) is 0 Å². The number of H-pyrrole nitrogens is 1. The van der Waals surface area contributed by atoms with Crippen molar-refractivity contribution in [3.8, 4) is 6.07 Å². The van der Waals surface area contributed by atoms with Gasteiger partial charge in [-0.15, -0.1) is 0 Å². The van der Waals surface area contributed by atoms with Crippen LogP contribution in [0, 0.1) is 17.1 Å². The van der Waals surface area contributed by atoms with Crippen molar-refractivity contribution in [2.45, 2.75) is 39.3 Å². The largest absolute Gasteiger partial charge is 0.392 e. The van der Waals surface area contributed by atoms with Crippen molar-refractivity contribution in [3.63, 3.8) is 0 Å². The van der Waals surface area contributed by atoms with Gasteiger partial charge in [-0.2, -0.15) is 5.26 Å². The summed E-state index contributed by atoms with van der Waals surface area (Å²) < 4.78 is 16.4. The highest BCUT2D eigenvalue weighted by atomic mass is 19.1. The summed E-state index contributed by atoms with van der Waals surface area (Å²) in [5, 5.41) is 20.3. The maximum atomic E-state index is 14.5. The fraction of sp³-hybridized carbons (Fsp3) is 0.273. The van der Waals surface area contributed by atoms with Crippen LogP contribution in [0.25, 0.3) is 32.8 Å². The van der Waals surface area contributed by atoms with Crippen LogP contribution in [0.5, 0.6) is 0 Å². The van der Waals surface area contributed by atoms with Crippen molar-refractivity contribution in [2.24, 2.45) is 0 Å². The molecular formula is C22H20FN3O2. The molecule has 0 fully saturated rings. The molecule has 0 amide bonds. The molecule has 2 N–H and O–H groups in total. The van der Waals surface area contributed by atoms with E-state index in [1.807, 2.05) is 11.5 Å². The minimum atomic E-state index is -0.533. The minimum Gasteiger partial charge on any atom is -0.392 e. The summed E-state index contributed by atoms with van der Waals surface area (Å²) in [6, 6.07) is 10.1. The highest BCUT2D eigenvalue weighted by Crippen LogP contribution is 2.31. The van der Waals surface area contributed by atoms with E-state index in [0.29, 0.717) is 33.0 Å². The summed E-state index contributed by atoms with van der Waals surface area (Å²) in [5.74, 6) is -0.533. The number of hydrogen-bond acceptors (Lipinski definition) is 3. The van der Waals surface area contributed by atoms with E-state index >= 15 is 0 Å². The lowest BCUT2D eigenvalue weighted by Crippen LogP contribution is -2.15. The van der Waals surface area contributed by atoms with Crippen molar-refractivity contribution in [3.05, 3.63) is 57.5 Å². The fourth-order valence-corrected chi connectivity index (χ4v) is 4.03. The molecule has 2 aromatic heterocycles. The summed E-state index contributed by atoms with van der Waals surface area (Å²) in [4.78, 5) is 16.6. The van der Waals surface area contributed by atoms with Crippen molar-refractivity contribution >= 4 is 32.8 Å². The Morgan fingerprint density at radius 1 is 1.29 bits per heavy atom. The number of aromatic amines is 1. The average molecular weight is 377 g/mol. The van der Waals surface area contributed by atoms with Crippen molar-refractivity contribution in [1.29, 1.82) is 5.26 Å². The molecule has 1 unspecified atom stereocenters. The number of nitriles is 1. The Hall–Kier alpha value is -3.17. The normalized spacial score (nSPS) is 12.7. The van der Waals surface area contributed by atoms with Gasteiger partial charge in [-0.25, -0.2) is 4.39 Å². The van der Waals surface area contributed by atoms with Gasteiger partial charge < -0.3 is 14.7 Å². The minimum absolute atomic E-state index is 0.0264. The Kier molecular flexibility index (Phi) is 4.40. The van der Waals surface area contributed by atoms with Gasteiger partial charge in [0.05, 0.1) is 29.1 Å². The Morgan fingerprint density at radius 2 is 2.07 bits per heavy atom. The Labute approximate surface area is 160 Å². The first-order valence-electron chi connectivity index (χ1n) is 9.33. The predicted octanol–water partition coefficient (Wildman–Crippen LogP) is 4.50. The molecule has 1 atom stereocenters. The Bertz CT molecular complexity index is 1330. The molecule has 0 bridgehead atoms. The number of pyridine rings is 1. The number of hydrogen-bond donors (Lipinski definition) is 2. The van der Waals surface area contributed by atoms with Gasteiger partial charge in [0.1, 0.15) is 11.5 Å². The molecule has 4 rings (SSSR count). The van der Waals surface area contributed by atoms with Gasteiger partial charge >= 0.3 is 0 Å². The molecule has 0 radical (unpaired) electrons. The molecular weight excluding hydrogens is 357 g/mol. The van der Waals surface area contributed by atoms with Crippen LogP contribution in [0.1, 0.15) is 43.9 Å². The zero-order chi connectivity index (χ0) is 20.0. The zero-order valence-corrected chi connectivity index (χ0v) is 15.7. The number of aliphatic hydroxyl groups is 1. The van der Waals surface area contributed by atoms with Crippen LogP contribution in [0.15, 0.2) is 35.1 Å². The van der Waals surface area contributed by atoms with E-state index < -0.39 is 12.4 Å². The second-order valence-corrected chi connectivity index (χ2v) is 7.18. The lowest BCUT2D eigenvalue weighted by atomic mass is 10.0. The summed E-state index contributed by atoms with van der Waals surface area (Å²) in [6.45, 7) is 3.65. The second kappa shape index (κ2) is 6.77. The molecule has 4 aromatic rings. The van der Waals surface area contributed by atoms with Gasteiger partial charge in [-0.05, 0) is 37.6 Å². The molecule has 0 saturated heterocycles. The Morgan fingerprint density at radius 3 is 2.75 bits per heavy atom. The van der Waals surface area contributed by atoms with Crippen LogP contribution in [-0.2, 0) is 6.61 Å². The van der Waals surface area contributed by atoms with Gasteiger partial charge in [0, 0.05) is 27.9 Å². The summed E-state index contributed by atoms with van der Waals surface area (Å²) in [5.41, 5.74) is 2.21. The van der Waals surface area contributed by atoms with E-state index in [1.54, 1.807) is 18.2 Å². The lowest BCUT2D eigenvalue weighted by Gasteiger charge is -2.20. The highest BCUT2D eigenvalue weighted by Gasteiger charge is 2.20. The molecule has 142 valence electrons. The molecule has 0 saturated carbocycles. The van der Waals surface area contributed by atoms with E-state index in [0.717, 1.165) is 18.2 Å². The Balaban J connectivity index is 2.25. The summed E-state index contributed by atoms with van der Waals surface area (Å²) in [7, 11) is 0. The van der Waals surface area contributed by atoms with Crippen LogP contribution >= 0.6 is 0 Å². The number of fused-ring (bicyclic) bond motifs is 4. The van der Waals surface area contributed by atoms with Crippen molar-refractivity contribution < 1.29 is 9.50 Å². The fourth-order valence-electron chi connectivity index (χ4n) is 4.03. The van der Waals surface area contributed by atoms with Gasteiger partial charge in [-0.1, -0.05) is 19.4 Å². The summed E-state index contributed by atoms with van der Waals surface area (Å²) in [6.07, 6.45) is 1.79. The molecule has 2 aromatic carbocycles. The first kappa shape index (κ1) is 18.2. The van der Waals surface area contributed by atoms with E-state index in [9.17, 15) is 19.6 Å². The molecule has 0 spiro atoms. The molecule has 0 aliphatic heterocycles. The van der Waals surface area contributed by atoms with Gasteiger partial charge in [0.15, 0.2) is 5.43 Å². The standard InChI is InChI=1S/C22H20FN3O2/c1-3-4-12(2)26-19-9-17(23)14(11-27)8-16(19)21(28)20-15-6-5-13(10-24)7-18(15)25-22(20)26/h5-9,12,25,27H,3-4,11H2,1-2H3. The van der Waals surface area contributed by atoms with Crippen LogP contribution in [0.3, 0.4) is 0 Å². The predicted molar refractivity (Wildman–Crippen MR) is 108 cm³/mol. The van der Waals surface area contributed by atoms with Crippen molar-refractivity contribution in [1.82, 2.24) is 9.55 Å². The molecule has 5 nitrogen and oxygen atoms in total. The number of aliphatic hydroxyl groups excluding tert-OH is 1. The van der Waals surface area contributed by atoms with E-state index in [2.05, 4.69) is 18.0 Å². The smallest absolute Gasteiger partial charge is 0.199 e. The van der Waals surface area contributed by atoms with E-state index in [-0.39, 0.29) is 17.0 Å². The molecule has 2 heterocycles. The third-order valence-electron chi connectivity index (χ3n) is 5.36. The molecule has 6 heteroatoms. The van der Waals surface area contributed by atoms with E-state index in [4.69, 9.17) is 0 Å². The van der Waals surface area contributed by atoms with Gasteiger partial charge in [-0.3, -0.25) is 4.79 Å². The van der Waals surface area contributed by atoms with Gasteiger partial charge in [0.25, 0.3) is 0 Å². The summed E-state index contributed by atoms with van der Waals surface area (Å²) >= 11 is 0. The molecule has 28 heavy (non-hydrogen) atoms. The second-order valence-electron chi connectivity index (χ2n) is 7.18. The number of benzene rings is 2. The maximum absolute atomic E-state index is 14.5. The van der Waals surface area contributed by atoms with Crippen molar-refractivity contribution in [2.75, 3.05) is 0 Å². The molecule has 0 aliphatic carbocycles. The third kappa shape index (κ3) is 2.59. The highest BCUT2D eigenvalue weighted by molar-refractivity contribution is 6.10. The van der Waals surface area contributed by atoms with E-state index in [1.165, 1.54) is 12.1 Å². The zero-order valence-electron chi connectivity index (χ0n) is 15.7. The topological polar surface area (TPSA) is 81.8 Å². The first-order valence-corrected chi connectivity index (χ1v) is 9.33. The third-order valence-corrected chi connectivity index (χ3v) is 5.36. The molecule has 0 aliphatic rings. The monoisotopic (exact) mass is 377 g/mol. The maximum Gasteiger partial charge on any atom is 0.199 e. The van der Waals surface area contributed by atoms with Crippen LogP contribution < -0.4 is 5.43 Å². The number of nitrogens with one attached hydrogen (secondary N) is 1. The van der Waals surface area contributed by atoms with Crippen LogP contribution in [0.2, 0.25) is 0 Å². The number of aromatic nitrogens is 2. The first-order chi connectivity index (χ1) is 13.5. The number of rotatable bonds is 4. The number of nitrogens with zero attached hydrogens (tertiary/aromatic N) is 2. The average Bonchev–Trinajstić information content (AvgIpc) is 3.06. The SMILES string of the molecule is CCCC(C)n1c2cc(F)c(CO)cc2c(=O)c2c3ccc(C#N)cc3[nH]c21. The quantitative estimate of drug-likeness (QED) is 0.549.